The third-order valence-electron chi connectivity index (χ3n) is 5.28. The summed E-state index contributed by atoms with van der Waals surface area (Å²) in [6, 6.07) is 3.94. The number of hydrogen-bond acceptors (Lipinski definition) is 4. The fourth-order valence-electron chi connectivity index (χ4n) is 3.95. The maximum Gasteiger partial charge on any atom is 0.237 e. The van der Waals surface area contributed by atoms with Gasteiger partial charge in [0.05, 0.1) is 6.04 Å². The fraction of sp³-hybridized carbons (Fsp3) is 0.700. The van der Waals surface area contributed by atoms with E-state index in [0.29, 0.717) is 18.5 Å². The Morgan fingerprint density at radius 3 is 2.88 bits per heavy atom. The predicted octanol–water partition coefficient (Wildman–Crippen LogP) is 3.28. The van der Waals surface area contributed by atoms with Gasteiger partial charge < -0.3 is 10.1 Å². The molecule has 1 N–H and O–H groups in total. The summed E-state index contributed by atoms with van der Waals surface area (Å²) in [6.07, 6.45) is 11.2. The van der Waals surface area contributed by atoms with Gasteiger partial charge in [0.25, 0.3) is 0 Å². The summed E-state index contributed by atoms with van der Waals surface area (Å²) in [7, 11) is 0. The number of ether oxygens (including phenoxy) is 1. The standard InChI is InChI=1S/C20H31N3O2/c1-2-12-23-13-6-5-9-18(23)20(24)22-15-16-10-11-21-19(14-16)25-17-7-3-4-8-17/h10-11,14,17-18H,2-9,12-13,15H2,1H3,(H,22,24). The highest BCUT2D eigenvalue weighted by atomic mass is 16.5. The lowest BCUT2D eigenvalue weighted by Crippen LogP contribution is -2.49. The van der Waals surface area contributed by atoms with Crippen LogP contribution in [0.4, 0.5) is 0 Å². The Morgan fingerprint density at radius 1 is 1.28 bits per heavy atom. The van der Waals surface area contributed by atoms with Gasteiger partial charge in [-0.15, -0.1) is 0 Å². The van der Waals surface area contributed by atoms with Crippen molar-refractivity contribution in [1.29, 1.82) is 0 Å². The lowest BCUT2D eigenvalue weighted by atomic mass is 10.0. The van der Waals surface area contributed by atoms with Crippen molar-refractivity contribution in [2.24, 2.45) is 0 Å². The van der Waals surface area contributed by atoms with E-state index >= 15 is 0 Å². The Labute approximate surface area is 151 Å². The predicted molar refractivity (Wildman–Crippen MR) is 98.5 cm³/mol. The molecule has 2 fully saturated rings. The van der Waals surface area contributed by atoms with Crippen LogP contribution in [-0.2, 0) is 11.3 Å². The van der Waals surface area contributed by atoms with Crippen LogP contribution in [0.3, 0.4) is 0 Å². The van der Waals surface area contributed by atoms with E-state index < -0.39 is 0 Å². The first-order valence-electron chi connectivity index (χ1n) is 9.89. The molecule has 1 aromatic heterocycles. The summed E-state index contributed by atoms with van der Waals surface area (Å²) >= 11 is 0. The molecule has 2 heterocycles. The largest absolute Gasteiger partial charge is 0.474 e. The monoisotopic (exact) mass is 345 g/mol. The summed E-state index contributed by atoms with van der Waals surface area (Å²) in [5.41, 5.74) is 1.05. The number of likely N-dealkylation sites (tertiary alicyclic amines) is 1. The van der Waals surface area contributed by atoms with Crippen molar-refractivity contribution < 1.29 is 9.53 Å². The zero-order chi connectivity index (χ0) is 17.5. The van der Waals surface area contributed by atoms with Gasteiger partial charge in [0.1, 0.15) is 6.10 Å². The number of nitrogens with zero attached hydrogens (tertiary/aromatic N) is 2. The summed E-state index contributed by atoms with van der Waals surface area (Å²) < 4.78 is 5.96. The lowest BCUT2D eigenvalue weighted by Gasteiger charge is -2.34. The van der Waals surface area contributed by atoms with Gasteiger partial charge in [0, 0.05) is 18.8 Å². The second-order valence-electron chi connectivity index (χ2n) is 7.29. The molecule has 25 heavy (non-hydrogen) atoms. The molecule has 5 nitrogen and oxygen atoms in total. The smallest absolute Gasteiger partial charge is 0.237 e. The molecule has 2 aliphatic rings. The number of rotatable bonds is 7. The Morgan fingerprint density at radius 2 is 2.08 bits per heavy atom. The van der Waals surface area contributed by atoms with Gasteiger partial charge in [-0.3, -0.25) is 9.69 Å². The molecule has 0 aromatic carbocycles. The molecule has 1 amide bonds. The molecule has 1 atom stereocenters. The molecule has 0 bridgehead atoms. The van der Waals surface area contributed by atoms with Gasteiger partial charge in [-0.2, -0.15) is 0 Å². The van der Waals surface area contributed by atoms with Gasteiger partial charge >= 0.3 is 0 Å². The van der Waals surface area contributed by atoms with Gasteiger partial charge in [-0.05, 0) is 69.7 Å². The van der Waals surface area contributed by atoms with Crippen molar-refractivity contribution in [3.63, 3.8) is 0 Å². The third kappa shape index (κ3) is 5.18. The fourth-order valence-corrected chi connectivity index (χ4v) is 3.95. The van der Waals surface area contributed by atoms with Crippen molar-refractivity contribution in [3.05, 3.63) is 23.9 Å². The molecule has 1 aliphatic heterocycles. The first-order chi connectivity index (χ1) is 12.3. The van der Waals surface area contributed by atoms with Crippen LogP contribution in [0.1, 0.15) is 63.9 Å². The van der Waals surface area contributed by atoms with Crippen molar-refractivity contribution in [2.75, 3.05) is 13.1 Å². The van der Waals surface area contributed by atoms with Crippen LogP contribution in [0, 0.1) is 0 Å². The molecule has 138 valence electrons. The minimum atomic E-state index is 0.0322. The van der Waals surface area contributed by atoms with Gasteiger partial charge in [0.2, 0.25) is 11.8 Å². The molecule has 3 rings (SSSR count). The van der Waals surface area contributed by atoms with E-state index in [2.05, 4.69) is 22.1 Å². The van der Waals surface area contributed by atoms with E-state index in [9.17, 15) is 4.79 Å². The van der Waals surface area contributed by atoms with Gasteiger partial charge in [-0.1, -0.05) is 13.3 Å². The molecule has 0 radical (unpaired) electrons. The molecule has 1 unspecified atom stereocenters. The van der Waals surface area contributed by atoms with Crippen molar-refractivity contribution in [1.82, 2.24) is 15.2 Å². The summed E-state index contributed by atoms with van der Waals surface area (Å²) in [6.45, 7) is 4.76. The molecule has 0 spiro atoms. The maximum absolute atomic E-state index is 12.6. The van der Waals surface area contributed by atoms with E-state index in [1.165, 1.54) is 19.3 Å². The summed E-state index contributed by atoms with van der Waals surface area (Å²) in [5, 5.41) is 3.11. The lowest BCUT2D eigenvalue weighted by molar-refractivity contribution is -0.127. The van der Waals surface area contributed by atoms with Gasteiger partial charge in [0.15, 0.2) is 0 Å². The first-order valence-corrected chi connectivity index (χ1v) is 9.89. The number of carbonyl (C=O) groups excluding carboxylic acids is 1. The van der Waals surface area contributed by atoms with Crippen LogP contribution in [0.15, 0.2) is 18.3 Å². The van der Waals surface area contributed by atoms with E-state index in [1.54, 1.807) is 6.20 Å². The second kappa shape index (κ2) is 9.18. The van der Waals surface area contributed by atoms with E-state index in [-0.39, 0.29) is 11.9 Å². The van der Waals surface area contributed by atoms with E-state index in [0.717, 1.165) is 50.8 Å². The first kappa shape index (κ1) is 18.2. The molecule has 1 aromatic rings. The van der Waals surface area contributed by atoms with Crippen molar-refractivity contribution in [3.8, 4) is 5.88 Å². The number of amides is 1. The number of pyridine rings is 1. The van der Waals surface area contributed by atoms with E-state index in [4.69, 9.17) is 4.74 Å². The molecule has 1 saturated heterocycles. The van der Waals surface area contributed by atoms with Crippen LogP contribution >= 0.6 is 0 Å². The second-order valence-corrected chi connectivity index (χ2v) is 7.29. The number of piperidine rings is 1. The van der Waals surface area contributed by atoms with Crippen LogP contribution in [0.2, 0.25) is 0 Å². The zero-order valence-electron chi connectivity index (χ0n) is 15.4. The topological polar surface area (TPSA) is 54.5 Å². The van der Waals surface area contributed by atoms with Crippen LogP contribution in [-0.4, -0.2) is 41.0 Å². The highest BCUT2D eigenvalue weighted by Gasteiger charge is 2.27. The number of aromatic nitrogens is 1. The third-order valence-corrected chi connectivity index (χ3v) is 5.28. The zero-order valence-corrected chi connectivity index (χ0v) is 15.4. The Hall–Kier alpha value is -1.62. The molecular formula is C20H31N3O2. The molecule has 1 aliphatic carbocycles. The minimum absolute atomic E-state index is 0.0322. The minimum Gasteiger partial charge on any atom is -0.474 e. The Kier molecular flexibility index (Phi) is 6.68. The summed E-state index contributed by atoms with van der Waals surface area (Å²) in [4.78, 5) is 19.3. The number of hydrogen-bond donors (Lipinski definition) is 1. The average molecular weight is 345 g/mol. The van der Waals surface area contributed by atoms with Crippen LogP contribution in [0.25, 0.3) is 0 Å². The maximum atomic E-state index is 12.6. The highest BCUT2D eigenvalue weighted by Crippen LogP contribution is 2.23. The van der Waals surface area contributed by atoms with Crippen molar-refractivity contribution >= 4 is 5.91 Å². The Balaban J connectivity index is 1.52. The normalized spacial score (nSPS) is 22.0. The van der Waals surface area contributed by atoms with E-state index in [1.807, 2.05) is 12.1 Å². The SMILES string of the molecule is CCCN1CCCCC1C(=O)NCc1ccnc(OC2CCCC2)c1. The quantitative estimate of drug-likeness (QED) is 0.824. The average Bonchev–Trinajstić information content (AvgIpc) is 3.14. The van der Waals surface area contributed by atoms with Crippen LogP contribution < -0.4 is 10.1 Å². The van der Waals surface area contributed by atoms with Crippen LogP contribution in [0.5, 0.6) is 5.88 Å². The van der Waals surface area contributed by atoms with Crippen molar-refractivity contribution in [2.45, 2.75) is 77.0 Å². The number of nitrogens with one attached hydrogen (secondary N) is 1. The number of carbonyl (C=O) groups is 1. The Bertz CT molecular complexity index is 556. The molecule has 5 heteroatoms. The highest BCUT2D eigenvalue weighted by molar-refractivity contribution is 5.81. The van der Waals surface area contributed by atoms with Gasteiger partial charge in [-0.25, -0.2) is 4.98 Å². The molecule has 1 saturated carbocycles. The molecular weight excluding hydrogens is 314 g/mol. The summed E-state index contributed by atoms with van der Waals surface area (Å²) in [5.74, 6) is 0.840.